The summed E-state index contributed by atoms with van der Waals surface area (Å²) in [5, 5.41) is 1.08. The minimum absolute atomic E-state index is 0.212. The van der Waals surface area contributed by atoms with Gasteiger partial charge in [0.1, 0.15) is 5.75 Å². The minimum atomic E-state index is 0.212. The smallest absolute Gasteiger partial charge is 0.179 e. The first kappa shape index (κ1) is 10.1. The molecule has 1 aliphatic rings. The lowest BCUT2D eigenvalue weighted by Gasteiger charge is -2.04. The van der Waals surface area contributed by atoms with Crippen LogP contribution in [-0.2, 0) is 6.42 Å². The molecule has 0 bridgehead atoms. The van der Waals surface area contributed by atoms with Crippen LogP contribution in [0.1, 0.15) is 22.5 Å². The van der Waals surface area contributed by atoms with Gasteiger partial charge in [-0.25, -0.2) is 0 Å². The third-order valence-corrected chi connectivity index (χ3v) is 3.97. The lowest BCUT2D eigenvalue weighted by molar-refractivity contribution is 0.0990. The number of aromatic nitrogens is 1. The number of ether oxygens (including phenoxy) is 1. The number of methoxy groups -OCH3 is 1. The van der Waals surface area contributed by atoms with Crippen molar-refractivity contribution in [3.05, 3.63) is 27.0 Å². The molecule has 1 heterocycles. The molecule has 1 N–H and O–H groups in total. The highest BCUT2D eigenvalue weighted by Gasteiger charge is 2.26. The van der Waals surface area contributed by atoms with Crippen molar-refractivity contribution >= 4 is 39.3 Å². The molecular weight excluding hydrogens is 317 g/mol. The quantitative estimate of drug-likeness (QED) is 0.819. The number of aromatic amines is 1. The summed E-state index contributed by atoms with van der Waals surface area (Å²) in [7, 11) is 1.66. The largest absolute Gasteiger partial charge is 0.496 e. The van der Waals surface area contributed by atoms with Crippen LogP contribution in [0.3, 0.4) is 0 Å². The molecule has 1 aliphatic carbocycles. The first-order valence-electron chi connectivity index (χ1n) is 5.12. The first-order chi connectivity index (χ1) is 7.72. The molecule has 0 fully saturated rings. The predicted molar refractivity (Wildman–Crippen MR) is 70.2 cm³/mol. The van der Waals surface area contributed by atoms with Gasteiger partial charge >= 0.3 is 0 Å². The Balaban J connectivity index is 2.44. The minimum Gasteiger partial charge on any atom is -0.496 e. The summed E-state index contributed by atoms with van der Waals surface area (Å²) >= 11 is 2.27. The highest BCUT2D eigenvalue weighted by Crippen LogP contribution is 2.37. The Morgan fingerprint density at radius 3 is 2.94 bits per heavy atom. The molecule has 0 aliphatic heterocycles. The first-order valence-corrected chi connectivity index (χ1v) is 6.20. The van der Waals surface area contributed by atoms with Crippen LogP contribution < -0.4 is 4.74 Å². The van der Waals surface area contributed by atoms with Crippen LogP contribution in [0.15, 0.2) is 12.1 Å². The molecule has 2 aromatic rings. The number of Topliss-reactive ketones (excluding diaryl/α,β-unsaturated/α-hetero) is 1. The second-order valence-corrected chi connectivity index (χ2v) is 5.06. The van der Waals surface area contributed by atoms with Gasteiger partial charge < -0.3 is 9.72 Å². The number of halogens is 1. The zero-order valence-electron chi connectivity index (χ0n) is 8.76. The molecule has 82 valence electrons. The molecule has 0 unspecified atom stereocenters. The third kappa shape index (κ3) is 1.22. The van der Waals surface area contributed by atoms with E-state index in [1.807, 2.05) is 12.1 Å². The average Bonchev–Trinajstić information content (AvgIpc) is 2.81. The number of carbonyl (C=O) groups excluding carboxylic acids is 1. The molecule has 1 aromatic heterocycles. The van der Waals surface area contributed by atoms with Crippen LogP contribution in [0.4, 0.5) is 0 Å². The van der Waals surface area contributed by atoms with E-state index in [9.17, 15) is 4.79 Å². The van der Waals surface area contributed by atoms with Crippen molar-refractivity contribution in [2.24, 2.45) is 0 Å². The Labute approximate surface area is 106 Å². The van der Waals surface area contributed by atoms with Gasteiger partial charge in [0.05, 0.1) is 18.3 Å². The summed E-state index contributed by atoms with van der Waals surface area (Å²) in [5.41, 5.74) is 2.92. The Hall–Kier alpha value is -1.04. The lowest BCUT2D eigenvalue weighted by atomic mass is 10.1. The van der Waals surface area contributed by atoms with Crippen molar-refractivity contribution in [2.45, 2.75) is 12.8 Å². The van der Waals surface area contributed by atoms with Gasteiger partial charge in [-0.15, -0.1) is 0 Å². The Bertz CT molecular complexity index is 601. The molecule has 0 saturated heterocycles. The highest BCUT2D eigenvalue weighted by molar-refractivity contribution is 14.1. The van der Waals surface area contributed by atoms with Gasteiger partial charge in [-0.1, -0.05) is 0 Å². The number of hydrogen-bond acceptors (Lipinski definition) is 2. The second-order valence-electron chi connectivity index (χ2n) is 3.90. The van der Waals surface area contributed by atoms with Crippen LogP contribution in [0.25, 0.3) is 10.9 Å². The van der Waals surface area contributed by atoms with Crippen molar-refractivity contribution in [3.8, 4) is 5.75 Å². The number of rotatable bonds is 1. The van der Waals surface area contributed by atoms with Gasteiger partial charge in [0.15, 0.2) is 5.78 Å². The lowest BCUT2D eigenvalue weighted by Crippen LogP contribution is -1.91. The Morgan fingerprint density at radius 1 is 1.38 bits per heavy atom. The van der Waals surface area contributed by atoms with Gasteiger partial charge in [0.2, 0.25) is 0 Å². The molecule has 0 spiro atoms. The predicted octanol–water partition coefficient (Wildman–Crippen LogP) is 2.91. The zero-order valence-corrected chi connectivity index (χ0v) is 10.9. The van der Waals surface area contributed by atoms with Gasteiger partial charge in [-0.05, 0) is 46.7 Å². The van der Waals surface area contributed by atoms with Crippen molar-refractivity contribution in [1.29, 1.82) is 0 Å². The maximum Gasteiger partial charge on any atom is 0.179 e. The molecular formula is C12H10INO2. The summed E-state index contributed by atoms with van der Waals surface area (Å²) in [5.74, 6) is 1.06. The van der Waals surface area contributed by atoms with E-state index in [1.165, 1.54) is 0 Å². The van der Waals surface area contributed by atoms with Gasteiger partial charge in [0, 0.05) is 15.4 Å². The van der Waals surface area contributed by atoms with Crippen molar-refractivity contribution in [3.63, 3.8) is 0 Å². The molecule has 0 amide bonds. The van der Waals surface area contributed by atoms with Crippen LogP contribution in [-0.4, -0.2) is 17.9 Å². The number of nitrogens with one attached hydrogen (secondary N) is 1. The van der Waals surface area contributed by atoms with Crippen LogP contribution in [0.5, 0.6) is 5.75 Å². The number of fused-ring (bicyclic) bond motifs is 3. The summed E-state index contributed by atoms with van der Waals surface area (Å²) in [6, 6.07) is 3.96. The average molecular weight is 327 g/mol. The number of H-pyrrole nitrogens is 1. The number of hydrogen-bond donors (Lipinski definition) is 1. The van der Waals surface area contributed by atoms with Gasteiger partial charge in [0.25, 0.3) is 0 Å². The molecule has 0 radical (unpaired) electrons. The van der Waals surface area contributed by atoms with E-state index in [2.05, 4.69) is 27.6 Å². The number of ketones is 1. The maximum atomic E-state index is 11.7. The van der Waals surface area contributed by atoms with E-state index in [1.54, 1.807) is 7.11 Å². The summed E-state index contributed by atoms with van der Waals surface area (Å²) < 4.78 is 6.49. The summed E-state index contributed by atoms with van der Waals surface area (Å²) in [6.07, 6.45) is 1.44. The van der Waals surface area contributed by atoms with Crippen LogP contribution >= 0.6 is 22.6 Å². The van der Waals surface area contributed by atoms with Crippen molar-refractivity contribution in [2.75, 3.05) is 7.11 Å². The van der Waals surface area contributed by atoms with E-state index in [0.29, 0.717) is 6.42 Å². The Morgan fingerprint density at radius 2 is 2.19 bits per heavy atom. The molecule has 0 saturated carbocycles. The molecule has 3 nitrogen and oxygen atoms in total. The van der Waals surface area contributed by atoms with Gasteiger partial charge in [-0.2, -0.15) is 0 Å². The third-order valence-electron chi connectivity index (χ3n) is 3.07. The Kier molecular flexibility index (Phi) is 2.20. The van der Waals surface area contributed by atoms with Crippen molar-refractivity contribution in [1.82, 2.24) is 4.98 Å². The van der Waals surface area contributed by atoms with Crippen LogP contribution in [0.2, 0.25) is 0 Å². The topological polar surface area (TPSA) is 42.1 Å². The fourth-order valence-corrected chi connectivity index (χ4v) is 2.91. The summed E-state index contributed by atoms with van der Waals surface area (Å²) in [4.78, 5) is 14.9. The fraction of sp³-hybridized carbons (Fsp3) is 0.250. The second kappa shape index (κ2) is 3.48. The van der Waals surface area contributed by atoms with E-state index in [-0.39, 0.29) is 5.78 Å². The molecule has 16 heavy (non-hydrogen) atoms. The van der Waals surface area contributed by atoms with E-state index in [4.69, 9.17) is 4.74 Å². The zero-order chi connectivity index (χ0) is 11.3. The monoisotopic (exact) mass is 327 g/mol. The molecule has 1 aromatic carbocycles. The number of carbonyl (C=O) groups is 1. The van der Waals surface area contributed by atoms with Crippen LogP contribution in [0, 0.1) is 3.57 Å². The standard InChI is InChI=1S/C12H10INO2/c1-16-9-5-3-7(13)12-10(9)6-2-4-8(15)11(6)14-12/h3,5,14H,2,4H2,1H3. The SMILES string of the molecule is COc1ccc(I)c2[nH]c3c(c12)CCC3=O. The highest BCUT2D eigenvalue weighted by atomic mass is 127. The van der Waals surface area contributed by atoms with Gasteiger partial charge in [-0.3, -0.25) is 4.79 Å². The maximum absolute atomic E-state index is 11.7. The molecule has 0 atom stereocenters. The molecule has 3 rings (SSSR count). The number of benzene rings is 1. The summed E-state index contributed by atoms with van der Waals surface area (Å²) in [6.45, 7) is 0. The van der Waals surface area contributed by atoms with E-state index in [0.717, 1.165) is 37.9 Å². The molecule has 4 heteroatoms. The normalized spacial score (nSPS) is 14.5. The van der Waals surface area contributed by atoms with E-state index < -0.39 is 0 Å². The van der Waals surface area contributed by atoms with Crippen molar-refractivity contribution < 1.29 is 9.53 Å². The number of aryl methyl sites for hydroxylation is 1. The fourth-order valence-electron chi connectivity index (χ4n) is 2.33. The van der Waals surface area contributed by atoms with E-state index >= 15 is 0 Å².